The van der Waals surface area contributed by atoms with Gasteiger partial charge in [0.15, 0.2) is 0 Å². The quantitative estimate of drug-likeness (QED) is 0.461. The van der Waals surface area contributed by atoms with E-state index in [0.717, 1.165) is 18.8 Å². The van der Waals surface area contributed by atoms with Gasteiger partial charge in [-0.15, -0.1) is 0 Å². The molecule has 1 rings (SSSR count). The van der Waals surface area contributed by atoms with Gasteiger partial charge in [-0.25, -0.2) is 0 Å². The Kier molecular flexibility index (Phi) is 0.685. The van der Waals surface area contributed by atoms with Gasteiger partial charge in [0.1, 0.15) is 5.78 Å². The number of rotatable bonds is 1. The lowest BCUT2D eigenvalue weighted by atomic mass is 10.3. The summed E-state index contributed by atoms with van der Waals surface area (Å²) in [4.78, 5) is 10.2. The van der Waals surface area contributed by atoms with E-state index in [1.807, 2.05) is 0 Å². The van der Waals surface area contributed by atoms with Crippen molar-refractivity contribution in [2.45, 2.75) is 19.8 Å². The number of carbonyl (C=O) groups is 1. The van der Waals surface area contributed by atoms with Crippen LogP contribution in [0.2, 0.25) is 0 Å². The first-order valence-electron chi connectivity index (χ1n) is 2.16. The number of ketones is 1. The smallest absolute Gasteiger partial charge is 0.136 e. The fourth-order valence-electron chi connectivity index (χ4n) is 0.415. The average molecular weight is 83.1 g/mol. The van der Waals surface area contributed by atoms with Crippen LogP contribution in [0.15, 0.2) is 0 Å². The van der Waals surface area contributed by atoms with Crippen molar-refractivity contribution in [3.63, 3.8) is 0 Å². The lowest BCUT2D eigenvalue weighted by molar-refractivity contribution is -0.114. The minimum atomic E-state index is 0.287. The zero-order valence-corrected chi connectivity index (χ0v) is 3.82. The number of Topliss-reactive ketones (excluding diaryl/α,β-unsaturated/α-hetero) is 1. The van der Waals surface area contributed by atoms with Crippen LogP contribution < -0.4 is 0 Å². The highest BCUT2D eigenvalue weighted by Gasteiger charge is 2.26. The second kappa shape index (κ2) is 1.07. The average Bonchev–Trinajstić information content (AvgIpc) is 2.06. The lowest BCUT2D eigenvalue weighted by Crippen LogP contribution is -1.86. The van der Waals surface area contributed by atoms with Gasteiger partial charge in [0, 0.05) is 5.92 Å². The van der Waals surface area contributed by atoms with E-state index in [0.29, 0.717) is 0 Å². The molecular formula is C5H7O. The molecule has 0 aliphatic heterocycles. The number of hydrogen-bond donors (Lipinski definition) is 0. The molecular weight excluding hydrogens is 76.1 g/mol. The summed E-state index contributed by atoms with van der Waals surface area (Å²) in [5.41, 5.74) is 0. The Labute approximate surface area is 37.4 Å². The Morgan fingerprint density at radius 2 is 2.17 bits per heavy atom. The highest BCUT2D eigenvalue weighted by Crippen LogP contribution is 2.31. The van der Waals surface area contributed by atoms with Gasteiger partial charge in [-0.2, -0.15) is 0 Å². The first-order chi connectivity index (χ1) is 2.80. The zero-order valence-electron chi connectivity index (χ0n) is 3.82. The van der Waals surface area contributed by atoms with Gasteiger partial charge in [0.25, 0.3) is 0 Å². The summed E-state index contributed by atoms with van der Waals surface area (Å²) < 4.78 is 0. The van der Waals surface area contributed by atoms with Crippen LogP contribution in [-0.2, 0) is 4.79 Å². The predicted molar refractivity (Wildman–Crippen MR) is 23.2 cm³/mol. The molecule has 1 radical (unpaired) electrons. The van der Waals surface area contributed by atoms with Gasteiger partial charge in [-0.1, -0.05) is 0 Å². The Bertz CT molecular complexity index is 72.0. The van der Waals surface area contributed by atoms with Gasteiger partial charge in [-0.3, -0.25) is 4.79 Å². The van der Waals surface area contributed by atoms with Crippen molar-refractivity contribution in [3.8, 4) is 0 Å². The maximum absolute atomic E-state index is 10.2. The SMILES string of the molecule is CC(=O)[C]1CC1. The third kappa shape index (κ3) is 0.588. The van der Waals surface area contributed by atoms with Crippen molar-refractivity contribution in [2.75, 3.05) is 0 Å². The standard InChI is InChI=1S/C5H7O/c1-4(6)5-2-3-5/h2-3H2,1H3. The molecule has 0 aromatic carbocycles. The summed E-state index contributed by atoms with van der Waals surface area (Å²) in [6.07, 6.45) is 2.13. The van der Waals surface area contributed by atoms with Crippen LogP contribution in [0.4, 0.5) is 0 Å². The molecule has 0 aromatic heterocycles. The highest BCUT2D eigenvalue weighted by molar-refractivity contribution is 5.92. The van der Waals surface area contributed by atoms with Crippen LogP contribution in [0, 0.1) is 5.92 Å². The molecule has 1 saturated carbocycles. The molecule has 33 valence electrons. The summed E-state index contributed by atoms with van der Waals surface area (Å²) >= 11 is 0. The van der Waals surface area contributed by atoms with Crippen molar-refractivity contribution in [1.29, 1.82) is 0 Å². The first-order valence-corrected chi connectivity index (χ1v) is 2.16. The summed E-state index contributed by atoms with van der Waals surface area (Å²) in [6, 6.07) is 0. The largest absolute Gasteiger partial charge is 0.299 e. The van der Waals surface area contributed by atoms with Crippen molar-refractivity contribution in [2.24, 2.45) is 0 Å². The molecule has 1 aliphatic carbocycles. The second-order valence-corrected chi connectivity index (χ2v) is 1.66. The molecule has 1 nitrogen and oxygen atoms in total. The van der Waals surface area contributed by atoms with Crippen LogP contribution >= 0.6 is 0 Å². The monoisotopic (exact) mass is 83.0 g/mol. The van der Waals surface area contributed by atoms with Crippen LogP contribution in [-0.4, -0.2) is 5.78 Å². The predicted octanol–water partition coefficient (Wildman–Crippen LogP) is 0.944. The van der Waals surface area contributed by atoms with Crippen LogP contribution in [0.1, 0.15) is 19.8 Å². The first kappa shape index (κ1) is 3.85. The van der Waals surface area contributed by atoms with Crippen molar-refractivity contribution >= 4 is 5.78 Å². The van der Waals surface area contributed by atoms with E-state index in [4.69, 9.17) is 0 Å². The fraction of sp³-hybridized carbons (Fsp3) is 0.600. The fourth-order valence-corrected chi connectivity index (χ4v) is 0.415. The van der Waals surface area contributed by atoms with Gasteiger partial charge in [0.05, 0.1) is 0 Å². The summed E-state index contributed by atoms with van der Waals surface area (Å²) in [5, 5.41) is 0. The molecule has 0 heterocycles. The molecule has 0 saturated heterocycles. The maximum Gasteiger partial charge on any atom is 0.136 e. The molecule has 0 unspecified atom stereocenters. The van der Waals surface area contributed by atoms with Crippen molar-refractivity contribution in [3.05, 3.63) is 5.92 Å². The molecule has 1 heteroatoms. The van der Waals surface area contributed by atoms with E-state index >= 15 is 0 Å². The minimum absolute atomic E-state index is 0.287. The Hall–Kier alpha value is -0.330. The molecule has 1 fully saturated rings. The number of hydrogen-bond acceptors (Lipinski definition) is 1. The molecule has 0 aromatic rings. The Balaban J connectivity index is 2.31. The molecule has 0 atom stereocenters. The molecule has 6 heavy (non-hydrogen) atoms. The summed E-state index contributed by atoms with van der Waals surface area (Å²) in [7, 11) is 0. The lowest BCUT2D eigenvalue weighted by Gasteiger charge is -1.74. The van der Waals surface area contributed by atoms with E-state index in [2.05, 4.69) is 0 Å². The van der Waals surface area contributed by atoms with Crippen molar-refractivity contribution in [1.82, 2.24) is 0 Å². The maximum atomic E-state index is 10.2. The zero-order chi connectivity index (χ0) is 4.57. The minimum Gasteiger partial charge on any atom is -0.299 e. The molecule has 1 aliphatic rings. The van der Waals surface area contributed by atoms with E-state index in [1.54, 1.807) is 6.92 Å². The topological polar surface area (TPSA) is 17.1 Å². The van der Waals surface area contributed by atoms with E-state index < -0.39 is 0 Å². The van der Waals surface area contributed by atoms with Gasteiger partial charge < -0.3 is 0 Å². The molecule has 0 spiro atoms. The van der Waals surface area contributed by atoms with Crippen LogP contribution in [0.5, 0.6) is 0 Å². The normalized spacial score (nSPS) is 20.8. The van der Waals surface area contributed by atoms with Crippen molar-refractivity contribution < 1.29 is 4.79 Å². The molecule has 0 amide bonds. The Morgan fingerprint density at radius 1 is 1.67 bits per heavy atom. The highest BCUT2D eigenvalue weighted by atomic mass is 16.1. The van der Waals surface area contributed by atoms with Crippen LogP contribution in [0.25, 0.3) is 0 Å². The Morgan fingerprint density at radius 3 is 2.17 bits per heavy atom. The van der Waals surface area contributed by atoms with Crippen LogP contribution in [0.3, 0.4) is 0 Å². The molecule has 0 N–H and O–H groups in total. The van der Waals surface area contributed by atoms with Gasteiger partial charge in [0.2, 0.25) is 0 Å². The summed E-state index contributed by atoms with van der Waals surface area (Å²) in [5.74, 6) is 1.41. The van der Waals surface area contributed by atoms with E-state index in [9.17, 15) is 4.79 Å². The molecule has 0 bridgehead atoms. The third-order valence-electron chi connectivity index (χ3n) is 0.998. The summed E-state index contributed by atoms with van der Waals surface area (Å²) in [6.45, 7) is 1.63. The van der Waals surface area contributed by atoms with E-state index in [1.165, 1.54) is 0 Å². The van der Waals surface area contributed by atoms with Gasteiger partial charge in [-0.05, 0) is 19.8 Å². The van der Waals surface area contributed by atoms with E-state index in [-0.39, 0.29) is 5.78 Å². The number of carbonyl (C=O) groups excluding carboxylic acids is 1. The second-order valence-electron chi connectivity index (χ2n) is 1.66. The van der Waals surface area contributed by atoms with Gasteiger partial charge >= 0.3 is 0 Å². The third-order valence-corrected chi connectivity index (χ3v) is 0.998.